The molecule has 2 aromatic rings. The minimum Gasteiger partial charge on any atom is -0.346 e. The molecular formula is C14H17N3S. The number of hydrogen-bond acceptors (Lipinski definition) is 4. The fraction of sp³-hybridized carbons (Fsp3) is 0.357. The summed E-state index contributed by atoms with van der Waals surface area (Å²) in [5.41, 5.74) is 3.64. The molecule has 3 rings (SSSR count). The largest absolute Gasteiger partial charge is 0.346 e. The number of aryl methyl sites for hydroxylation is 1. The van der Waals surface area contributed by atoms with Gasteiger partial charge in [0.2, 0.25) is 0 Å². The van der Waals surface area contributed by atoms with Crippen molar-refractivity contribution in [2.45, 2.75) is 6.92 Å². The normalized spacial score (nSPS) is 15.9. The first-order valence-electron chi connectivity index (χ1n) is 6.32. The van der Waals surface area contributed by atoms with Crippen molar-refractivity contribution >= 4 is 16.5 Å². The molecule has 4 heteroatoms. The quantitative estimate of drug-likeness (QED) is 0.898. The molecule has 1 aromatic carbocycles. The van der Waals surface area contributed by atoms with Crippen LogP contribution in [0.5, 0.6) is 0 Å². The van der Waals surface area contributed by atoms with Gasteiger partial charge in [-0.15, -0.1) is 11.3 Å². The van der Waals surface area contributed by atoms with Crippen LogP contribution in [0.2, 0.25) is 0 Å². The van der Waals surface area contributed by atoms with E-state index in [9.17, 15) is 0 Å². The van der Waals surface area contributed by atoms with E-state index < -0.39 is 0 Å². The Bertz CT molecular complexity index is 529. The smallest absolute Gasteiger partial charge is 0.185 e. The van der Waals surface area contributed by atoms with Gasteiger partial charge in [0.15, 0.2) is 5.13 Å². The van der Waals surface area contributed by atoms with Gasteiger partial charge in [0.05, 0.1) is 5.69 Å². The van der Waals surface area contributed by atoms with E-state index >= 15 is 0 Å². The first kappa shape index (κ1) is 11.7. The molecule has 0 spiro atoms. The highest BCUT2D eigenvalue weighted by molar-refractivity contribution is 7.14. The molecule has 1 aliphatic heterocycles. The highest BCUT2D eigenvalue weighted by Crippen LogP contribution is 2.29. The summed E-state index contributed by atoms with van der Waals surface area (Å²) in [6, 6.07) is 8.43. The Kier molecular flexibility index (Phi) is 3.30. The molecule has 1 fully saturated rings. The highest BCUT2D eigenvalue weighted by Gasteiger charge is 2.14. The van der Waals surface area contributed by atoms with Gasteiger partial charge >= 0.3 is 0 Å². The molecule has 1 saturated heterocycles. The molecule has 1 aromatic heterocycles. The van der Waals surface area contributed by atoms with Gasteiger partial charge < -0.3 is 10.2 Å². The standard InChI is InChI=1S/C14H17N3S/c1-11-4-2-3-5-12(11)13-10-18-14(16-13)17-8-6-15-7-9-17/h2-5,10,15H,6-9H2,1H3. The van der Waals surface area contributed by atoms with Gasteiger partial charge in [-0.2, -0.15) is 0 Å². The maximum absolute atomic E-state index is 4.78. The number of rotatable bonds is 2. The summed E-state index contributed by atoms with van der Waals surface area (Å²) in [6.07, 6.45) is 0. The summed E-state index contributed by atoms with van der Waals surface area (Å²) in [5.74, 6) is 0. The van der Waals surface area contributed by atoms with Gasteiger partial charge in [0.25, 0.3) is 0 Å². The van der Waals surface area contributed by atoms with Crippen LogP contribution in [0.4, 0.5) is 5.13 Å². The zero-order chi connectivity index (χ0) is 12.4. The lowest BCUT2D eigenvalue weighted by molar-refractivity contribution is 0.588. The van der Waals surface area contributed by atoms with Gasteiger partial charge in [-0.05, 0) is 12.5 Å². The van der Waals surface area contributed by atoms with Crippen molar-refractivity contribution in [3.8, 4) is 11.3 Å². The van der Waals surface area contributed by atoms with Crippen molar-refractivity contribution < 1.29 is 0 Å². The van der Waals surface area contributed by atoms with Crippen LogP contribution in [0.3, 0.4) is 0 Å². The lowest BCUT2D eigenvalue weighted by Crippen LogP contribution is -2.43. The van der Waals surface area contributed by atoms with Gasteiger partial charge in [0, 0.05) is 37.1 Å². The molecule has 1 aliphatic rings. The number of anilines is 1. The number of piperazine rings is 1. The molecule has 0 bridgehead atoms. The first-order chi connectivity index (χ1) is 8.84. The molecular weight excluding hydrogens is 242 g/mol. The van der Waals surface area contributed by atoms with Crippen LogP contribution in [-0.4, -0.2) is 31.2 Å². The Balaban J connectivity index is 1.87. The van der Waals surface area contributed by atoms with Crippen molar-refractivity contribution in [2.75, 3.05) is 31.1 Å². The van der Waals surface area contributed by atoms with Crippen LogP contribution < -0.4 is 10.2 Å². The van der Waals surface area contributed by atoms with E-state index in [1.807, 2.05) is 0 Å². The Morgan fingerprint density at radius 3 is 2.78 bits per heavy atom. The lowest BCUT2D eigenvalue weighted by Gasteiger charge is -2.26. The number of thiazole rings is 1. The maximum Gasteiger partial charge on any atom is 0.185 e. The molecule has 0 atom stereocenters. The van der Waals surface area contributed by atoms with E-state index in [2.05, 4.69) is 46.8 Å². The summed E-state index contributed by atoms with van der Waals surface area (Å²) >= 11 is 1.75. The first-order valence-corrected chi connectivity index (χ1v) is 7.20. The molecule has 2 heterocycles. The fourth-order valence-corrected chi connectivity index (χ4v) is 3.13. The summed E-state index contributed by atoms with van der Waals surface area (Å²) in [5, 5.41) is 6.68. The van der Waals surface area contributed by atoms with Crippen LogP contribution in [-0.2, 0) is 0 Å². The van der Waals surface area contributed by atoms with E-state index in [0.29, 0.717) is 0 Å². The molecule has 0 radical (unpaired) electrons. The third kappa shape index (κ3) is 2.26. The third-order valence-electron chi connectivity index (χ3n) is 3.30. The second-order valence-electron chi connectivity index (χ2n) is 4.57. The van der Waals surface area contributed by atoms with Crippen LogP contribution in [0.25, 0.3) is 11.3 Å². The average molecular weight is 259 g/mol. The van der Waals surface area contributed by atoms with Crippen LogP contribution >= 0.6 is 11.3 Å². The number of benzene rings is 1. The summed E-state index contributed by atoms with van der Waals surface area (Å²) in [6.45, 7) is 6.36. The molecule has 18 heavy (non-hydrogen) atoms. The second kappa shape index (κ2) is 5.08. The van der Waals surface area contributed by atoms with E-state index in [-0.39, 0.29) is 0 Å². The minimum atomic E-state index is 1.05. The summed E-state index contributed by atoms with van der Waals surface area (Å²) < 4.78 is 0. The van der Waals surface area contributed by atoms with Crippen LogP contribution in [0, 0.1) is 6.92 Å². The second-order valence-corrected chi connectivity index (χ2v) is 5.40. The average Bonchev–Trinajstić information content (AvgIpc) is 2.90. The Morgan fingerprint density at radius 1 is 1.22 bits per heavy atom. The highest BCUT2D eigenvalue weighted by atomic mass is 32.1. The molecule has 1 N–H and O–H groups in total. The van der Waals surface area contributed by atoms with Crippen LogP contribution in [0.1, 0.15) is 5.56 Å². The number of aromatic nitrogens is 1. The van der Waals surface area contributed by atoms with Crippen molar-refractivity contribution in [3.63, 3.8) is 0 Å². The van der Waals surface area contributed by atoms with Crippen molar-refractivity contribution in [1.29, 1.82) is 0 Å². The van der Waals surface area contributed by atoms with Gasteiger partial charge in [-0.1, -0.05) is 24.3 Å². The van der Waals surface area contributed by atoms with Crippen molar-refractivity contribution in [3.05, 3.63) is 35.2 Å². The molecule has 94 valence electrons. The molecule has 0 saturated carbocycles. The fourth-order valence-electron chi connectivity index (χ4n) is 2.25. The summed E-state index contributed by atoms with van der Waals surface area (Å²) in [4.78, 5) is 7.15. The minimum absolute atomic E-state index is 1.05. The van der Waals surface area contributed by atoms with E-state index in [1.165, 1.54) is 11.1 Å². The molecule has 0 unspecified atom stereocenters. The Morgan fingerprint density at radius 2 is 2.00 bits per heavy atom. The Hall–Kier alpha value is -1.39. The summed E-state index contributed by atoms with van der Waals surface area (Å²) in [7, 11) is 0. The Labute approximate surface area is 111 Å². The number of hydrogen-bond donors (Lipinski definition) is 1. The van der Waals surface area contributed by atoms with E-state index in [1.54, 1.807) is 11.3 Å². The van der Waals surface area contributed by atoms with E-state index in [0.717, 1.165) is 37.0 Å². The topological polar surface area (TPSA) is 28.2 Å². The van der Waals surface area contributed by atoms with Gasteiger partial charge in [-0.3, -0.25) is 0 Å². The lowest BCUT2D eigenvalue weighted by atomic mass is 10.1. The molecule has 0 amide bonds. The zero-order valence-corrected chi connectivity index (χ0v) is 11.3. The van der Waals surface area contributed by atoms with Crippen molar-refractivity contribution in [2.24, 2.45) is 0 Å². The predicted molar refractivity (Wildman–Crippen MR) is 77.4 cm³/mol. The third-order valence-corrected chi connectivity index (χ3v) is 4.20. The number of nitrogens with zero attached hydrogens (tertiary/aromatic N) is 2. The van der Waals surface area contributed by atoms with E-state index in [4.69, 9.17) is 4.98 Å². The maximum atomic E-state index is 4.78. The molecule has 0 aliphatic carbocycles. The predicted octanol–water partition coefficient (Wildman–Crippen LogP) is 2.53. The van der Waals surface area contributed by atoms with Crippen molar-refractivity contribution in [1.82, 2.24) is 10.3 Å². The van der Waals surface area contributed by atoms with Gasteiger partial charge in [-0.25, -0.2) is 4.98 Å². The van der Waals surface area contributed by atoms with Crippen LogP contribution in [0.15, 0.2) is 29.6 Å². The number of nitrogens with one attached hydrogen (secondary N) is 1. The zero-order valence-electron chi connectivity index (χ0n) is 10.5. The molecule has 3 nitrogen and oxygen atoms in total. The van der Waals surface area contributed by atoms with Gasteiger partial charge in [0.1, 0.15) is 0 Å². The monoisotopic (exact) mass is 259 g/mol. The SMILES string of the molecule is Cc1ccccc1-c1csc(N2CCNCC2)n1.